The van der Waals surface area contributed by atoms with E-state index < -0.39 is 0 Å². The molecule has 0 unspecified atom stereocenters. The molecular formula is C16H18. The van der Waals surface area contributed by atoms with Gasteiger partial charge in [-0.15, -0.1) is 6.58 Å². The van der Waals surface area contributed by atoms with Crippen LogP contribution in [0, 0.1) is 0 Å². The highest BCUT2D eigenvalue weighted by Crippen LogP contribution is 2.30. The van der Waals surface area contributed by atoms with Gasteiger partial charge in [-0.1, -0.05) is 62.4 Å². The highest BCUT2D eigenvalue weighted by molar-refractivity contribution is 5.83. The van der Waals surface area contributed by atoms with E-state index >= 15 is 0 Å². The average molecular weight is 210 g/mol. The topological polar surface area (TPSA) is 0 Å². The zero-order chi connectivity index (χ0) is 11.6. The van der Waals surface area contributed by atoms with Gasteiger partial charge in [-0.05, 0) is 22.8 Å². The SMILES string of the molecule is C=C[C@@](C)(CC)c1ccc2ccccc2c1. The second-order valence-electron chi connectivity index (χ2n) is 4.54. The lowest BCUT2D eigenvalue weighted by Gasteiger charge is -2.24. The fraction of sp³-hybridized carbons (Fsp3) is 0.250. The number of hydrogen-bond donors (Lipinski definition) is 0. The highest BCUT2D eigenvalue weighted by Gasteiger charge is 2.20. The lowest BCUT2D eigenvalue weighted by atomic mass is 9.79. The fourth-order valence-electron chi connectivity index (χ4n) is 2.01. The van der Waals surface area contributed by atoms with E-state index in [1.54, 1.807) is 0 Å². The molecule has 0 saturated heterocycles. The maximum absolute atomic E-state index is 3.96. The molecule has 0 fully saturated rings. The molecule has 1 atom stereocenters. The van der Waals surface area contributed by atoms with Crippen molar-refractivity contribution in [2.24, 2.45) is 0 Å². The monoisotopic (exact) mass is 210 g/mol. The summed E-state index contributed by atoms with van der Waals surface area (Å²) in [5.41, 5.74) is 1.44. The largest absolute Gasteiger partial charge is 0.102 e. The molecule has 2 aromatic carbocycles. The Morgan fingerprint density at radius 3 is 2.44 bits per heavy atom. The molecule has 0 spiro atoms. The van der Waals surface area contributed by atoms with E-state index in [1.807, 2.05) is 0 Å². The Bertz CT molecular complexity index is 510. The van der Waals surface area contributed by atoms with E-state index in [0.717, 1.165) is 6.42 Å². The van der Waals surface area contributed by atoms with Crippen molar-refractivity contribution < 1.29 is 0 Å². The number of benzene rings is 2. The molecule has 0 heteroatoms. The summed E-state index contributed by atoms with van der Waals surface area (Å²) in [6.07, 6.45) is 3.13. The highest BCUT2D eigenvalue weighted by atomic mass is 14.2. The lowest BCUT2D eigenvalue weighted by Crippen LogP contribution is -2.16. The maximum atomic E-state index is 3.96. The fourth-order valence-corrected chi connectivity index (χ4v) is 2.01. The molecule has 0 amide bonds. The normalized spacial score (nSPS) is 14.6. The van der Waals surface area contributed by atoms with Gasteiger partial charge in [0.25, 0.3) is 0 Å². The van der Waals surface area contributed by atoms with Crippen LogP contribution in [0.1, 0.15) is 25.8 Å². The first-order chi connectivity index (χ1) is 7.69. The van der Waals surface area contributed by atoms with E-state index in [9.17, 15) is 0 Å². The van der Waals surface area contributed by atoms with Crippen LogP contribution < -0.4 is 0 Å². The minimum absolute atomic E-state index is 0.0873. The zero-order valence-corrected chi connectivity index (χ0v) is 10.0. The van der Waals surface area contributed by atoms with Gasteiger partial charge in [-0.25, -0.2) is 0 Å². The molecule has 0 aliphatic carbocycles. The van der Waals surface area contributed by atoms with Crippen molar-refractivity contribution >= 4 is 10.8 Å². The van der Waals surface area contributed by atoms with Gasteiger partial charge in [-0.3, -0.25) is 0 Å². The van der Waals surface area contributed by atoms with Gasteiger partial charge in [0.1, 0.15) is 0 Å². The number of fused-ring (bicyclic) bond motifs is 1. The molecular weight excluding hydrogens is 192 g/mol. The quantitative estimate of drug-likeness (QED) is 0.644. The molecule has 16 heavy (non-hydrogen) atoms. The van der Waals surface area contributed by atoms with Gasteiger partial charge in [0.2, 0.25) is 0 Å². The van der Waals surface area contributed by atoms with Crippen molar-refractivity contribution in [3.05, 3.63) is 60.7 Å². The smallest absolute Gasteiger partial charge is 0.00985 e. The van der Waals surface area contributed by atoms with Crippen LogP contribution in [0.5, 0.6) is 0 Å². The van der Waals surface area contributed by atoms with E-state index in [4.69, 9.17) is 0 Å². The summed E-state index contributed by atoms with van der Waals surface area (Å²) in [6.45, 7) is 8.41. The standard InChI is InChI=1S/C16H18/c1-4-16(3,5-2)15-11-10-13-8-6-7-9-14(13)12-15/h4,6-12H,1,5H2,2-3H3/t16-/m0/s1. The summed E-state index contributed by atoms with van der Waals surface area (Å²) in [5, 5.41) is 2.61. The van der Waals surface area contributed by atoms with Crippen molar-refractivity contribution in [1.82, 2.24) is 0 Å². The Labute approximate surface area is 97.6 Å². The maximum Gasteiger partial charge on any atom is 0.00985 e. The van der Waals surface area contributed by atoms with Crippen LogP contribution in [0.15, 0.2) is 55.1 Å². The first-order valence-corrected chi connectivity index (χ1v) is 5.82. The predicted molar refractivity (Wildman–Crippen MR) is 71.8 cm³/mol. The molecule has 0 bridgehead atoms. The van der Waals surface area contributed by atoms with Crippen LogP contribution in [-0.2, 0) is 5.41 Å². The average Bonchev–Trinajstić information content (AvgIpc) is 2.37. The second kappa shape index (κ2) is 4.13. The summed E-state index contributed by atoms with van der Waals surface area (Å²) >= 11 is 0. The third kappa shape index (κ3) is 1.76. The molecule has 0 nitrogen and oxygen atoms in total. The molecule has 0 aromatic heterocycles. The van der Waals surface area contributed by atoms with Crippen molar-refractivity contribution in [3.63, 3.8) is 0 Å². The van der Waals surface area contributed by atoms with E-state index in [0.29, 0.717) is 0 Å². The van der Waals surface area contributed by atoms with E-state index in [-0.39, 0.29) is 5.41 Å². The van der Waals surface area contributed by atoms with Gasteiger partial charge in [-0.2, -0.15) is 0 Å². The molecule has 82 valence electrons. The third-order valence-electron chi connectivity index (χ3n) is 3.59. The Morgan fingerprint density at radius 2 is 1.81 bits per heavy atom. The first-order valence-electron chi connectivity index (χ1n) is 5.82. The Balaban J connectivity index is 2.58. The molecule has 0 aliphatic heterocycles. The van der Waals surface area contributed by atoms with Crippen LogP contribution in [0.25, 0.3) is 10.8 Å². The lowest BCUT2D eigenvalue weighted by molar-refractivity contribution is 0.574. The molecule has 0 heterocycles. The summed E-state index contributed by atoms with van der Waals surface area (Å²) in [6, 6.07) is 15.2. The third-order valence-corrected chi connectivity index (χ3v) is 3.59. The number of rotatable bonds is 3. The van der Waals surface area contributed by atoms with Gasteiger partial charge < -0.3 is 0 Å². The Hall–Kier alpha value is -1.56. The zero-order valence-electron chi connectivity index (χ0n) is 10.0. The predicted octanol–water partition coefficient (Wildman–Crippen LogP) is 4.69. The summed E-state index contributed by atoms with van der Waals surface area (Å²) in [4.78, 5) is 0. The molecule has 0 radical (unpaired) electrons. The van der Waals surface area contributed by atoms with Gasteiger partial charge in [0.05, 0.1) is 0 Å². The minimum Gasteiger partial charge on any atom is -0.102 e. The molecule has 0 saturated carbocycles. The summed E-state index contributed by atoms with van der Waals surface area (Å²) < 4.78 is 0. The van der Waals surface area contributed by atoms with Crippen molar-refractivity contribution in [3.8, 4) is 0 Å². The Morgan fingerprint density at radius 1 is 1.12 bits per heavy atom. The van der Waals surface area contributed by atoms with Crippen LogP contribution in [0.4, 0.5) is 0 Å². The van der Waals surface area contributed by atoms with E-state index in [2.05, 4.69) is 69.0 Å². The number of hydrogen-bond acceptors (Lipinski definition) is 0. The minimum atomic E-state index is 0.0873. The van der Waals surface area contributed by atoms with Crippen LogP contribution in [0.3, 0.4) is 0 Å². The first kappa shape index (κ1) is 10.9. The molecule has 0 aliphatic rings. The van der Waals surface area contributed by atoms with Gasteiger partial charge in [0, 0.05) is 5.41 Å². The van der Waals surface area contributed by atoms with E-state index in [1.165, 1.54) is 16.3 Å². The van der Waals surface area contributed by atoms with Crippen LogP contribution in [0.2, 0.25) is 0 Å². The van der Waals surface area contributed by atoms with Gasteiger partial charge in [0.15, 0.2) is 0 Å². The van der Waals surface area contributed by atoms with Crippen molar-refractivity contribution in [1.29, 1.82) is 0 Å². The van der Waals surface area contributed by atoms with Crippen molar-refractivity contribution in [2.45, 2.75) is 25.7 Å². The molecule has 2 rings (SSSR count). The number of allylic oxidation sites excluding steroid dienone is 1. The van der Waals surface area contributed by atoms with Crippen LogP contribution in [-0.4, -0.2) is 0 Å². The summed E-state index contributed by atoms with van der Waals surface area (Å²) in [7, 11) is 0. The van der Waals surface area contributed by atoms with Crippen molar-refractivity contribution in [2.75, 3.05) is 0 Å². The van der Waals surface area contributed by atoms with Gasteiger partial charge >= 0.3 is 0 Å². The Kier molecular flexibility index (Phi) is 2.82. The molecule has 2 aromatic rings. The van der Waals surface area contributed by atoms with Crippen LogP contribution >= 0.6 is 0 Å². The summed E-state index contributed by atoms with van der Waals surface area (Å²) in [5.74, 6) is 0. The second-order valence-corrected chi connectivity index (χ2v) is 4.54. The molecule has 0 N–H and O–H groups in total.